The highest BCUT2D eigenvalue weighted by Crippen LogP contribution is 2.05. The van der Waals surface area contributed by atoms with Gasteiger partial charge < -0.3 is 15.3 Å². The highest BCUT2D eigenvalue weighted by molar-refractivity contribution is 5.79. The van der Waals surface area contributed by atoms with Gasteiger partial charge in [0, 0.05) is 6.08 Å². The second kappa shape index (κ2) is 8.72. The minimum absolute atomic E-state index is 0.182. The molecule has 0 aromatic carbocycles. The lowest BCUT2D eigenvalue weighted by molar-refractivity contribution is -0.131. The van der Waals surface area contributed by atoms with E-state index in [-0.39, 0.29) is 6.61 Å². The molecule has 0 amide bonds. The molecule has 0 radical (unpaired) electrons. The van der Waals surface area contributed by atoms with Gasteiger partial charge in [0.1, 0.15) is 0 Å². The third kappa shape index (κ3) is 9.22. The molecule has 0 aliphatic rings. The number of aliphatic carboxylic acids is 1. The highest BCUT2D eigenvalue weighted by atomic mass is 16.4. The third-order valence-electron chi connectivity index (χ3n) is 1.88. The summed E-state index contributed by atoms with van der Waals surface area (Å²) in [4.78, 5) is 10.1. The molecule has 0 bridgehead atoms. The van der Waals surface area contributed by atoms with Gasteiger partial charge in [-0.2, -0.15) is 0 Å². The van der Waals surface area contributed by atoms with Crippen LogP contribution in [0.25, 0.3) is 0 Å². The van der Waals surface area contributed by atoms with Crippen molar-refractivity contribution in [2.75, 3.05) is 6.61 Å². The lowest BCUT2D eigenvalue weighted by atomic mass is 10.1. The van der Waals surface area contributed by atoms with Crippen molar-refractivity contribution >= 4 is 5.97 Å². The number of aliphatic hydroxyl groups is 2. The molecule has 0 aliphatic carbocycles. The zero-order valence-electron chi connectivity index (χ0n) is 8.22. The molecule has 0 aromatic rings. The van der Waals surface area contributed by atoms with E-state index in [9.17, 15) is 4.79 Å². The smallest absolute Gasteiger partial charge is 0.327 e. The molecule has 14 heavy (non-hydrogen) atoms. The van der Waals surface area contributed by atoms with Crippen LogP contribution in [0.15, 0.2) is 12.2 Å². The summed E-state index contributed by atoms with van der Waals surface area (Å²) in [5.41, 5.74) is 0. The number of hydrogen-bond donors (Lipinski definition) is 3. The number of carboxylic acids is 1. The van der Waals surface area contributed by atoms with Crippen molar-refractivity contribution in [1.82, 2.24) is 0 Å². The summed E-state index contributed by atoms with van der Waals surface area (Å²) in [5.74, 6) is -0.916. The largest absolute Gasteiger partial charge is 0.478 e. The molecule has 0 saturated carbocycles. The number of carbonyl (C=O) groups is 1. The Balaban J connectivity index is 3.18. The Bertz CT molecular complexity index is 177. The Kier molecular flexibility index (Phi) is 8.17. The van der Waals surface area contributed by atoms with Gasteiger partial charge in [0.25, 0.3) is 0 Å². The van der Waals surface area contributed by atoms with Gasteiger partial charge in [-0.15, -0.1) is 0 Å². The van der Waals surface area contributed by atoms with E-state index in [2.05, 4.69) is 0 Å². The maximum absolute atomic E-state index is 10.1. The van der Waals surface area contributed by atoms with E-state index >= 15 is 0 Å². The predicted octanol–water partition coefficient (Wildman–Crippen LogP) is 0.931. The fourth-order valence-electron chi connectivity index (χ4n) is 1.09. The SMILES string of the molecule is O=C(O)/C=C\CCCCCC(O)CO. The van der Waals surface area contributed by atoms with E-state index in [1.807, 2.05) is 0 Å². The van der Waals surface area contributed by atoms with E-state index in [1.54, 1.807) is 6.08 Å². The minimum atomic E-state index is -0.916. The molecule has 0 aromatic heterocycles. The van der Waals surface area contributed by atoms with Gasteiger partial charge in [0.2, 0.25) is 0 Å². The van der Waals surface area contributed by atoms with Gasteiger partial charge >= 0.3 is 5.97 Å². The van der Waals surface area contributed by atoms with Crippen LogP contribution in [0.1, 0.15) is 32.1 Å². The first-order valence-corrected chi connectivity index (χ1v) is 4.85. The monoisotopic (exact) mass is 202 g/mol. The Morgan fingerprint density at radius 2 is 2.00 bits per heavy atom. The van der Waals surface area contributed by atoms with Crippen molar-refractivity contribution in [3.8, 4) is 0 Å². The van der Waals surface area contributed by atoms with Crippen molar-refractivity contribution < 1.29 is 20.1 Å². The first-order chi connectivity index (χ1) is 6.66. The van der Waals surface area contributed by atoms with Gasteiger partial charge in [-0.3, -0.25) is 0 Å². The predicted molar refractivity (Wildman–Crippen MR) is 53.0 cm³/mol. The Labute approximate surface area is 83.9 Å². The number of allylic oxidation sites excluding steroid dienone is 1. The van der Waals surface area contributed by atoms with Gasteiger partial charge in [0.15, 0.2) is 0 Å². The van der Waals surface area contributed by atoms with Crippen molar-refractivity contribution in [2.24, 2.45) is 0 Å². The number of unbranched alkanes of at least 4 members (excludes halogenated alkanes) is 3. The van der Waals surface area contributed by atoms with E-state index in [1.165, 1.54) is 0 Å². The molecule has 0 fully saturated rings. The standard InChI is InChI=1S/C10H18O4/c11-8-9(12)6-4-2-1-3-5-7-10(13)14/h5,7,9,11-12H,1-4,6,8H2,(H,13,14)/b7-5-. The molecule has 0 rings (SSSR count). The van der Waals surface area contributed by atoms with E-state index < -0.39 is 12.1 Å². The van der Waals surface area contributed by atoms with E-state index in [0.29, 0.717) is 6.42 Å². The van der Waals surface area contributed by atoms with E-state index in [4.69, 9.17) is 15.3 Å². The number of hydrogen-bond acceptors (Lipinski definition) is 3. The zero-order chi connectivity index (χ0) is 10.8. The molecule has 0 saturated heterocycles. The van der Waals surface area contributed by atoms with Crippen LogP contribution in [0.2, 0.25) is 0 Å². The Morgan fingerprint density at radius 1 is 1.29 bits per heavy atom. The summed E-state index contributed by atoms with van der Waals surface area (Å²) in [5, 5.41) is 25.8. The van der Waals surface area contributed by atoms with Crippen molar-refractivity contribution in [3.05, 3.63) is 12.2 Å². The summed E-state index contributed by atoms with van der Waals surface area (Å²) in [6.45, 7) is -0.182. The van der Waals surface area contributed by atoms with Crippen LogP contribution in [0.4, 0.5) is 0 Å². The summed E-state index contributed by atoms with van der Waals surface area (Å²) in [6.07, 6.45) is 6.25. The average molecular weight is 202 g/mol. The summed E-state index contributed by atoms with van der Waals surface area (Å²) >= 11 is 0. The van der Waals surface area contributed by atoms with Crippen LogP contribution in [0.3, 0.4) is 0 Å². The lowest BCUT2D eigenvalue weighted by Crippen LogP contribution is -2.10. The third-order valence-corrected chi connectivity index (χ3v) is 1.88. The maximum Gasteiger partial charge on any atom is 0.327 e. The summed E-state index contributed by atoms with van der Waals surface area (Å²) < 4.78 is 0. The molecular formula is C10H18O4. The minimum Gasteiger partial charge on any atom is -0.478 e. The highest BCUT2D eigenvalue weighted by Gasteiger charge is 1.99. The quantitative estimate of drug-likeness (QED) is 0.404. The second-order valence-corrected chi connectivity index (χ2v) is 3.22. The molecule has 4 heteroatoms. The first kappa shape index (κ1) is 13.1. The number of carboxylic acid groups (broad SMARTS) is 1. The van der Waals surface area contributed by atoms with Gasteiger partial charge in [-0.1, -0.05) is 18.9 Å². The van der Waals surface area contributed by atoms with Crippen LogP contribution in [-0.2, 0) is 4.79 Å². The van der Waals surface area contributed by atoms with Crippen LogP contribution in [0.5, 0.6) is 0 Å². The average Bonchev–Trinajstić information content (AvgIpc) is 2.15. The zero-order valence-corrected chi connectivity index (χ0v) is 8.22. The maximum atomic E-state index is 10.1. The van der Waals surface area contributed by atoms with Crippen LogP contribution in [0, 0.1) is 0 Å². The Morgan fingerprint density at radius 3 is 2.57 bits per heavy atom. The molecule has 3 N–H and O–H groups in total. The summed E-state index contributed by atoms with van der Waals surface area (Å²) in [6, 6.07) is 0. The lowest BCUT2D eigenvalue weighted by Gasteiger charge is -2.05. The molecule has 4 nitrogen and oxygen atoms in total. The normalized spacial score (nSPS) is 13.3. The van der Waals surface area contributed by atoms with Crippen LogP contribution >= 0.6 is 0 Å². The molecule has 82 valence electrons. The first-order valence-electron chi connectivity index (χ1n) is 4.85. The summed E-state index contributed by atoms with van der Waals surface area (Å²) in [7, 11) is 0. The molecule has 0 heterocycles. The fraction of sp³-hybridized carbons (Fsp3) is 0.700. The van der Waals surface area contributed by atoms with Crippen molar-refractivity contribution in [2.45, 2.75) is 38.2 Å². The number of rotatable bonds is 8. The number of aliphatic hydroxyl groups excluding tert-OH is 2. The second-order valence-electron chi connectivity index (χ2n) is 3.22. The fourth-order valence-corrected chi connectivity index (χ4v) is 1.09. The molecular weight excluding hydrogens is 184 g/mol. The topological polar surface area (TPSA) is 77.8 Å². The molecule has 1 atom stereocenters. The van der Waals surface area contributed by atoms with E-state index in [0.717, 1.165) is 31.8 Å². The molecule has 1 unspecified atom stereocenters. The van der Waals surface area contributed by atoms with Crippen molar-refractivity contribution in [3.63, 3.8) is 0 Å². The van der Waals surface area contributed by atoms with Gasteiger partial charge in [0.05, 0.1) is 12.7 Å². The van der Waals surface area contributed by atoms with Crippen molar-refractivity contribution in [1.29, 1.82) is 0 Å². The van der Waals surface area contributed by atoms with Gasteiger partial charge in [-0.05, 0) is 19.3 Å². The van der Waals surface area contributed by atoms with Crippen LogP contribution < -0.4 is 0 Å². The van der Waals surface area contributed by atoms with Gasteiger partial charge in [-0.25, -0.2) is 4.79 Å². The Hall–Kier alpha value is -0.870. The molecule has 0 spiro atoms. The molecule has 0 aliphatic heterocycles. The van der Waals surface area contributed by atoms with Crippen LogP contribution in [-0.4, -0.2) is 34.0 Å².